The van der Waals surface area contributed by atoms with Crippen LogP contribution in [-0.2, 0) is 6.54 Å². The predicted octanol–water partition coefficient (Wildman–Crippen LogP) is 2.21. The van der Waals surface area contributed by atoms with E-state index in [1.165, 1.54) is 12.1 Å². The van der Waals surface area contributed by atoms with Gasteiger partial charge in [-0.3, -0.25) is 4.68 Å². The molecule has 0 unspecified atom stereocenters. The third-order valence-electron chi connectivity index (χ3n) is 3.95. The van der Waals surface area contributed by atoms with Crippen molar-refractivity contribution in [3.05, 3.63) is 42.2 Å². The minimum Gasteiger partial charge on any atom is -0.370 e. The van der Waals surface area contributed by atoms with Gasteiger partial charge in [0.2, 0.25) is 0 Å². The van der Waals surface area contributed by atoms with Crippen molar-refractivity contribution >= 4 is 5.69 Å². The van der Waals surface area contributed by atoms with Crippen molar-refractivity contribution in [1.29, 1.82) is 5.26 Å². The fourth-order valence-electron chi connectivity index (χ4n) is 2.82. The number of benzene rings is 1. The molecule has 6 heteroatoms. The van der Waals surface area contributed by atoms with E-state index in [1.807, 2.05) is 4.68 Å². The summed E-state index contributed by atoms with van der Waals surface area (Å²) in [7, 11) is 0. The minimum absolute atomic E-state index is 0.364. The SMILES string of the molecule is N#Cc1cc(F)ccc1N1CCC(Cn2cncn2)CC1. The fourth-order valence-corrected chi connectivity index (χ4v) is 2.82. The summed E-state index contributed by atoms with van der Waals surface area (Å²) >= 11 is 0. The second-order valence-electron chi connectivity index (χ2n) is 5.32. The Bertz CT molecular complexity index is 639. The molecule has 5 nitrogen and oxygen atoms in total. The molecule has 2 heterocycles. The average molecular weight is 285 g/mol. The van der Waals surface area contributed by atoms with Gasteiger partial charge in [-0.05, 0) is 37.0 Å². The lowest BCUT2D eigenvalue weighted by Gasteiger charge is -2.34. The summed E-state index contributed by atoms with van der Waals surface area (Å²) in [5, 5.41) is 13.3. The third-order valence-corrected chi connectivity index (χ3v) is 3.95. The van der Waals surface area contributed by atoms with Crippen LogP contribution in [0.5, 0.6) is 0 Å². The number of aromatic nitrogens is 3. The summed E-state index contributed by atoms with van der Waals surface area (Å²) in [5.41, 5.74) is 1.24. The van der Waals surface area contributed by atoms with Crippen molar-refractivity contribution in [2.24, 2.45) is 5.92 Å². The van der Waals surface area contributed by atoms with Crippen LogP contribution in [0.25, 0.3) is 0 Å². The molecule has 0 atom stereocenters. The summed E-state index contributed by atoms with van der Waals surface area (Å²) in [6.45, 7) is 2.63. The highest BCUT2D eigenvalue weighted by atomic mass is 19.1. The van der Waals surface area contributed by atoms with Gasteiger partial charge in [-0.1, -0.05) is 0 Å². The quantitative estimate of drug-likeness (QED) is 0.867. The number of nitriles is 1. The highest BCUT2D eigenvalue weighted by Gasteiger charge is 2.21. The zero-order chi connectivity index (χ0) is 14.7. The lowest BCUT2D eigenvalue weighted by atomic mass is 9.96. The van der Waals surface area contributed by atoms with Crippen molar-refractivity contribution in [3.63, 3.8) is 0 Å². The smallest absolute Gasteiger partial charge is 0.137 e. The zero-order valence-electron chi connectivity index (χ0n) is 11.6. The number of hydrogen-bond donors (Lipinski definition) is 0. The van der Waals surface area contributed by atoms with Crippen molar-refractivity contribution < 1.29 is 4.39 Å². The normalized spacial score (nSPS) is 15.9. The van der Waals surface area contributed by atoms with Crippen molar-refractivity contribution in [1.82, 2.24) is 14.8 Å². The van der Waals surface area contributed by atoms with Crippen LogP contribution in [0.1, 0.15) is 18.4 Å². The Labute approximate surface area is 122 Å². The molecule has 1 aromatic heterocycles. The van der Waals surface area contributed by atoms with E-state index in [1.54, 1.807) is 18.7 Å². The molecular weight excluding hydrogens is 269 g/mol. The van der Waals surface area contributed by atoms with Gasteiger partial charge in [0, 0.05) is 19.6 Å². The van der Waals surface area contributed by atoms with Crippen LogP contribution in [0.15, 0.2) is 30.9 Å². The average Bonchev–Trinajstić information content (AvgIpc) is 3.01. The Hall–Kier alpha value is -2.42. The summed E-state index contributed by atoms with van der Waals surface area (Å²) < 4.78 is 15.0. The molecule has 2 aromatic rings. The molecular formula is C15H16FN5. The lowest BCUT2D eigenvalue weighted by molar-refractivity contribution is 0.342. The first-order valence-electron chi connectivity index (χ1n) is 7.03. The van der Waals surface area contributed by atoms with E-state index in [9.17, 15) is 4.39 Å². The van der Waals surface area contributed by atoms with E-state index in [4.69, 9.17) is 5.26 Å². The first-order chi connectivity index (χ1) is 10.3. The number of halogens is 1. The third kappa shape index (κ3) is 3.02. The van der Waals surface area contributed by atoms with Gasteiger partial charge in [-0.15, -0.1) is 0 Å². The number of piperidine rings is 1. The van der Waals surface area contributed by atoms with E-state index < -0.39 is 0 Å². The molecule has 1 aliphatic heterocycles. The van der Waals surface area contributed by atoms with Crippen LogP contribution in [0.4, 0.5) is 10.1 Å². The van der Waals surface area contributed by atoms with E-state index in [0.29, 0.717) is 11.5 Å². The topological polar surface area (TPSA) is 57.7 Å². The van der Waals surface area contributed by atoms with E-state index in [-0.39, 0.29) is 5.82 Å². The van der Waals surface area contributed by atoms with Gasteiger partial charge in [0.15, 0.2) is 0 Å². The second kappa shape index (κ2) is 5.92. The second-order valence-corrected chi connectivity index (χ2v) is 5.32. The van der Waals surface area contributed by atoms with Crippen LogP contribution in [0, 0.1) is 23.1 Å². The van der Waals surface area contributed by atoms with Crippen LogP contribution in [0.3, 0.4) is 0 Å². The molecule has 0 amide bonds. The molecule has 1 fully saturated rings. The lowest BCUT2D eigenvalue weighted by Crippen LogP contribution is -2.35. The van der Waals surface area contributed by atoms with Crippen LogP contribution >= 0.6 is 0 Å². The highest BCUT2D eigenvalue weighted by Crippen LogP contribution is 2.27. The fraction of sp³-hybridized carbons (Fsp3) is 0.400. The standard InChI is InChI=1S/C15H16FN5/c16-14-1-2-15(13(7-14)8-17)20-5-3-12(4-6-20)9-21-11-18-10-19-21/h1-2,7,10-12H,3-6,9H2. The van der Waals surface area contributed by atoms with E-state index >= 15 is 0 Å². The van der Waals surface area contributed by atoms with Crippen molar-refractivity contribution in [2.45, 2.75) is 19.4 Å². The van der Waals surface area contributed by atoms with Crippen molar-refractivity contribution in [3.8, 4) is 6.07 Å². The zero-order valence-corrected chi connectivity index (χ0v) is 11.6. The van der Waals surface area contributed by atoms with Gasteiger partial charge in [0.25, 0.3) is 0 Å². The molecule has 21 heavy (non-hydrogen) atoms. The van der Waals surface area contributed by atoms with Gasteiger partial charge in [-0.25, -0.2) is 9.37 Å². The maximum absolute atomic E-state index is 13.2. The molecule has 0 radical (unpaired) electrons. The monoisotopic (exact) mass is 285 g/mol. The predicted molar refractivity (Wildman–Crippen MR) is 76.1 cm³/mol. The van der Waals surface area contributed by atoms with Gasteiger partial charge in [0.1, 0.15) is 24.5 Å². The Kier molecular flexibility index (Phi) is 3.82. The number of hydrogen-bond acceptors (Lipinski definition) is 4. The van der Waals surface area contributed by atoms with Crippen LogP contribution in [-0.4, -0.2) is 27.9 Å². The molecule has 1 saturated heterocycles. The van der Waals surface area contributed by atoms with Crippen molar-refractivity contribution in [2.75, 3.05) is 18.0 Å². The molecule has 0 aliphatic carbocycles. The van der Waals surface area contributed by atoms with Crippen LogP contribution < -0.4 is 4.90 Å². The molecule has 0 N–H and O–H groups in total. The van der Waals surface area contributed by atoms with Gasteiger partial charge < -0.3 is 4.90 Å². The summed E-state index contributed by atoms with van der Waals surface area (Å²) in [5.74, 6) is 0.199. The van der Waals surface area contributed by atoms with Gasteiger partial charge in [0.05, 0.1) is 11.3 Å². The van der Waals surface area contributed by atoms with E-state index in [0.717, 1.165) is 38.2 Å². The first kappa shape index (κ1) is 13.6. The molecule has 3 rings (SSSR count). The number of rotatable bonds is 3. The molecule has 108 valence electrons. The maximum Gasteiger partial charge on any atom is 0.137 e. The number of nitrogens with zero attached hydrogens (tertiary/aromatic N) is 5. The maximum atomic E-state index is 13.2. The Morgan fingerprint density at radius 1 is 1.33 bits per heavy atom. The molecule has 0 bridgehead atoms. The molecule has 1 aliphatic rings. The summed E-state index contributed by atoms with van der Waals surface area (Å²) in [4.78, 5) is 6.11. The highest BCUT2D eigenvalue weighted by molar-refractivity contribution is 5.59. The Morgan fingerprint density at radius 3 is 2.81 bits per heavy atom. The molecule has 1 aromatic carbocycles. The Morgan fingerprint density at radius 2 is 2.14 bits per heavy atom. The minimum atomic E-state index is -0.364. The van der Waals surface area contributed by atoms with E-state index in [2.05, 4.69) is 21.1 Å². The van der Waals surface area contributed by atoms with Gasteiger partial charge in [-0.2, -0.15) is 10.4 Å². The molecule has 0 spiro atoms. The molecule has 0 saturated carbocycles. The largest absolute Gasteiger partial charge is 0.370 e. The summed E-state index contributed by atoms with van der Waals surface area (Å²) in [6.07, 6.45) is 5.34. The summed E-state index contributed by atoms with van der Waals surface area (Å²) in [6, 6.07) is 6.49. The Balaban J connectivity index is 1.65. The first-order valence-corrected chi connectivity index (χ1v) is 7.03. The van der Waals surface area contributed by atoms with Crippen LogP contribution in [0.2, 0.25) is 0 Å². The number of anilines is 1. The van der Waals surface area contributed by atoms with Gasteiger partial charge >= 0.3 is 0 Å².